The number of carbonyl (C=O) groups excluding carboxylic acids is 1. The second-order valence-electron chi connectivity index (χ2n) is 6.68. The number of carbonyl (C=O) groups is 1. The Kier molecular flexibility index (Phi) is 5.29. The number of ether oxygens (including phenoxy) is 1. The lowest BCUT2D eigenvalue weighted by molar-refractivity contribution is -0.122. The summed E-state index contributed by atoms with van der Waals surface area (Å²) in [5.74, 6) is 2.36. The van der Waals surface area contributed by atoms with Crippen molar-refractivity contribution < 1.29 is 9.53 Å². The summed E-state index contributed by atoms with van der Waals surface area (Å²) < 4.78 is 7.20. The van der Waals surface area contributed by atoms with Crippen molar-refractivity contribution in [3.8, 4) is 5.82 Å². The summed E-state index contributed by atoms with van der Waals surface area (Å²) in [6.07, 6.45) is 6.66. The lowest BCUT2D eigenvalue weighted by Gasteiger charge is -2.21. The molecule has 2 N–H and O–H groups in total. The molecule has 28 heavy (non-hydrogen) atoms. The van der Waals surface area contributed by atoms with E-state index in [1.54, 1.807) is 6.20 Å². The fourth-order valence-corrected chi connectivity index (χ4v) is 3.16. The Morgan fingerprint density at radius 1 is 1.11 bits per heavy atom. The average molecular weight is 378 g/mol. The van der Waals surface area contributed by atoms with Crippen LogP contribution in [0.4, 0.5) is 17.2 Å². The molecule has 1 aliphatic heterocycles. The van der Waals surface area contributed by atoms with Crippen LogP contribution in [-0.4, -0.2) is 38.6 Å². The minimum atomic E-state index is 0.0256. The third-order valence-corrected chi connectivity index (χ3v) is 4.74. The van der Waals surface area contributed by atoms with E-state index in [4.69, 9.17) is 4.74 Å². The maximum Gasteiger partial charge on any atom is 0.227 e. The number of rotatable bonds is 5. The number of anilines is 3. The standard InChI is InChI=1S/C20H22N6O2/c1-14-21-8-9-26(14)19-12-18(22-13-23-19)24-16-2-4-17(5-3-16)25-20(27)15-6-10-28-11-7-15/h2-5,8-9,12-13,15H,6-7,10-11H2,1H3,(H,25,27)(H,22,23,24). The van der Waals surface area contributed by atoms with Gasteiger partial charge in [-0.2, -0.15) is 0 Å². The topological polar surface area (TPSA) is 94.0 Å². The number of benzene rings is 1. The van der Waals surface area contributed by atoms with Crippen molar-refractivity contribution in [2.24, 2.45) is 5.92 Å². The molecule has 8 heteroatoms. The molecule has 1 fully saturated rings. The van der Waals surface area contributed by atoms with Gasteiger partial charge >= 0.3 is 0 Å². The highest BCUT2D eigenvalue weighted by Crippen LogP contribution is 2.21. The predicted octanol–water partition coefficient (Wildman–Crippen LogP) is 3.08. The molecule has 0 spiro atoms. The first-order valence-electron chi connectivity index (χ1n) is 9.27. The van der Waals surface area contributed by atoms with Crippen molar-refractivity contribution in [2.45, 2.75) is 19.8 Å². The van der Waals surface area contributed by atoms with Gasteiger partial charge in [-0.25, -0.2) is 15.0 Å². The molecule has 1 amide bonds. The van der Waals surface area contributed by atoms with E-state index in [-0.39, 0.29) is 11.8 Å². The molecule has 1 saturated heterocycles. The van der Waals surface area contributed by atoms with Gasteiger partial charge in [0.2, 0.25) is 5.91 Å². The lowest BCUT2D eigenvalue weighted by Crippen LogP contribution is -2.28. The van der Waals surface area contributed by atoms with Gasteiger partial charge in [-0.15, -0.1) is 0 Å². The number of amides is 1. The van der Waals surface area contributed by atoms with Crippen molar-refractivity contribution in [3.05, 3.63) is 54.9 Å². The molecule has 1 aliphatic rings. The molecular formula is C20H22N6O2. The molecule has 0 saturated carbocycles. The molecule has 144 valence electrons. The van der Waals surface area contributed by atoms with Gasteiger partial charge in [0.1, 0.15) is 23.8 Å². The Hall–Kier alpha value is -3.26. The van der Waals surface area contributed by atoms with Crippen LogP contribution in [0.5, 0.6) is 0 Å². The van der Waals surface area contributed by atoms with Crippen LogP contribution in [0.2, 0.25) is 0 Å². The van der Waals surface area contributed by atoms with Crippen molar-refractivity contribution in [2.75, 3.05) is 23.8 Å². The smallest absolute Gasteiger partial charge is 0.227 e. The first kappa shape index (κ1) is 18.1. The zero-order valence-corrected chi connectivity index (χ0v) is 15.6. The second kappa shape index (κ2) is 8.18. The molecule has 1 aromatic carbocycles. The Morgan fingerprint density at radius 3 is 2.57 bits per heavy atom. The van der Waals surface area contributed by atoms with Crippen LogP contribution < -0.4 is 10.6 Å². The Labute approximate surface area is 163 Å². The second-order valence-corrected chi connectivity index (χ2v) is 6.68. The molecular weight excluding hydrogens is 356 g/mol. The maximum absolute atomic E-state index is 12.3. The summed E-state index contributed by atoms with van der Waals surface area (Å²) in [6.45, 7) is 3.23. The minimum Gasteiger partial charge on any atom is -0.381 e. The van der Waals surface area contributed by atoms with Gasteiger partial charge in [-0.1, -0.05) is 0 Å². The predicted molar refractivity (Wildman–Crippen MR) is 106 cm³/mol. The van der Waals surface area contributed by atoms with E-state index in [0.29, 0.717) is 19.0 Å². The molecule has 0 aliphatic carbocycles. The molecule has 0 bridgehead atoms. The van der Waals surface area contributed by atoms with E-state index in [1.165, 1.54) is 6.33 Å². The van der Waals surface area contributed by atoms with E-state index < -0.39 is 0 Å². The normalized spacial score (nSPS) is 14.6. The molecule has 2 aromatic heterocycles. The number of aryl methyl sites for hydroxylation is 1. The van der Waals surface area contributed by atoms with Crippen LogP contribution in [0.25, 0.3) is 5.82 Å². The highest BCUT2D eigenvalue weighted by Gasteiger charge is 2.21. The first-order chi connectivity index (χ1) is 13.7. The van der Waals surface area contributed by atoms with Crippen LogP contribution in [0, 0.1) is 12.8 Å². The molecule has 0 unspecified atom stereocenters. The largest absolute Gasteiger partial charge is 0.381 e. The molecule has 0 radical (unpaired) electrons. The third kappa shape index (κ3) is 4.17. The molecule has 0 atom stereocenters. The molecule has 8 nitrogen and oxygen atoms in total. The van der Waals surface area contributed by atoms with Crippen LogP contribution in [0.15, 0.2) is 49.1 Å². The zero-order valence-electron chi connectivity index (χ0n) is 15.6. The van der Waals surface area contributed by atoms with Gasteiger partial charge in [-0.05, 0) is 44.0 Å². The van der Waals surface area contributed by atoms with E-state index in [0.717, 1.165) is 35.9 Å². The van der Waals surface area contributed by atoms with Crippen molar-refractivity contribution in [1.29, 1.82) is 0 Å². The first-order valence-corrected chi connectivity index (χ1v) is 9.27. The summed E-state index contributed by atoms with van der Waals surface area (Å²) in [6, 6.07) is 9.42. The fourth-order valence-electron chi connectivity index (χ4n) is 3.16. The molecule has 3 aromatic rings. The van der Waals surface area contributed by atoms with Gasteiger partial charge in [0, 0.05) is 49.0 Å². The summed E-state index contributed by atoms with van der Waals surface area (Å²) in [5, 5.41) is 6.23. The fraction of sp³-hybridized carbons (Fsp3) is 0.300. The number of hydrogen-bond donors (Lipinski definition) is 2. The van der Waals surface area contributed by atoms with Gasteiger partial charge in [-0.3, -0.25) is 9.36 Å². The maximum atomic E-state index is 12.3. The number of hydrogen-bond acceptors (Lipinski definition) is 6. The van der Waals surface area contributed by atoms with E-state index in [9.17, 15) is 4.79 Å². The summed E-state index contributed by atoms with van der Waals surface area (Å²) in [4.78, 5) is 25.1. The summed E-state index contributed by atoms with van der Waals surface area (Å²) >= 11 is 0. The average Bonchev–Trinajstić information content (AvgIpc) is 3.16. The Balaban J connectivity index is 1.41. The van der Waals surface area contributed by atoms with Crippen molar-refractivity contribution in [3.63, 3.8) is 0 Å². The number of nitrogens with zero attached hydrogens (tertiary/aromatic N) is 4. The van der Waals surface area contributed by atoms with Crippen LogP contribution in [-0.2, 0) is 9.53 Å². The lowest BCUT2D eigenvalue weighted by atomic mass is 9.99. The van der Waals surface area contributed by atoms with E-state index >= 15 is 0 Å². The quantitative estimate of drug-likeness (QED) is 0.709. The van der Waals surface area contributed by atoms with Gasteiger partial charge in [0.15, 0.2) is 0 Å². The van der Waals surface area contributed by atoms with Crippen LogP contribution >= 0.6 is 0 Å². The highest BCUT2D eigenvalue weighted by molar-refractivity contribution is 5.92. The third-order valence-electron chi connectivity index (χ3n) is 4.74. The van der Waals surface area contributed by atoms with Crippen LogP contribution in [0.3, 0.4) is 0 Å². The number of aromatic nitrogens is 4. The van der Waals surface area contributed by atoms with Gasteiger partial charge in [0.05, 0.1) is 0 Å². The van der Waals surface area contributed by atoms with Crippen LogP contribution in [0.1, 0.15) is 18.7 Å². The summed E-state index contributed by atoms with van der Waals surface area (Å²) in [5.41, 5.74) is 1.65. The SMILES string of the molecule is Cc1nccn1-c1cc(Nc2ccc(NC(=O)C3CCOCC3)cc2)ncn1. The van der Waals surface area contributed by atoms with Crippen molar-refractivity contribution >= 4 is 23.1 Å². The Morgan fingerprint density at radius 2 is 1.86 bits per heavy atom. The van der Waals surface area contributed by atoms with Gasteiger partial charge in [0.25, 0.3) is 0 Å². The van der Waals surface area contributed by atoms with E-state index in [2.05, 4.69) is 25.6 Å². The highest BCUT2D eigenvalue weighted by atomic mass is 16.5. The number of nitrogens with one attached hydrogen (secondary N) is 2. The monoisotopic (exact) mass is 378 g/mol. The van der Waals surface area contributed by atoms with E-state index in [1.807, 2.05) is 48.0 Å². The van der Waals surface area contributed by atoms with Gasteiger partial charge < -0.3 is 15.4 Å². The molecule has 3 heterocycles. The molecule has 4 rings (SSSR count). The van der Waals surface area contributed by atoms with Crippen molar-refractivity contribution in [1.82, 2.24) is 19.5 Å². The zero-order chi connectivity index (χ0) is 19.3. The summed E-state index contributed by atoms with van der Waals surface area (Å²) in [7, 11) is 0. The Bertz CT molecular complexity index is 947. The minimum absolute atomic E-state index is 0.0256. The number of imidazole rings is 1.